The van der Waals surface area contributed by atoms with Gasteiger partial charge < -0.3 is 30.6 Å². The predicted octanol–water partition coefficient (Wildman–Crippen LogP) is 0.432. The number of aliphatic hydroxyl groups excluding tert-OH is 4. The number of rotatable bonds is 8. The topological polar surface area (TPSA) is 181 Å². The Labute approximate surface area is 192 Å². The van der Waals surface area contributed by atoms with Crippen molar-refractivity contribution in [3.63, 3.8) is 0 Å². The largest absolute Gasteiger partial charge is 0.506 e. The molecule has 0 aliphatic heterocycles. The molecule has 0 fully saturated rings. The highest BCUT2D eigenvalue weighted by Gasteiger charge is 2.25. The molecule has 0 aromatic carbocycles. The van der Waals surface area contributed by atoms with Crippen LogP contribution in [0.25, 0.3) is 0 Å². The van der Waals surface area contributed by atoms with E-state index in [0.29, 0.717) is 0 Å². The van der Waals surface area contributed by atoms with E-state index < -0.39 is 47.8 Å². The van der Waals surface area contributed by atoms with Gasteiger partial charge in [-0.15, -0.1) is 24.8 Å². The fourth-order valence-electron chi connectivity index (χ4n) is 3.14. The van der Waals surface area contributed by atoms with E-state index in [9.17, 15) is 39.1 Å². The van der Waals surface area contributed by atoms with Crippen LogP contribution in [-0.4, -0.2) is 49.0 Å². The van der Waals surface area contributed by atoms with Gasteiger partial charge in [0.1, 0.15) is 11.5 Å². The van der Waals surface area contributed by atoms with Crippen molar-refractivity contribution in [3.05, 3.63) is 45.0 Å². The van der Waals surface area contributed by atoms with Crippen LogP contribution in [0.4, 0.5) is 0 Å². The van der Waals surface area contributed by atoms with Crippen LogP contribution in [0, 0.1) is 13.8 Å². The minimum Gasteiger partial charge on any atom is -0.506 e. The molecular weight excluding hydrogens is 475 g/mol. The lowest BCUT2D eigenvalue weighted by atomic mass is 10.1. The third-order valence-electron chi connectivity index (χ3n) is 4.63. The normalized spacial score (nSPS) is 11.0. The molecule has 2 rings (SSSR count). The maximum absolute atomic E-state index is 12.8. The first kappa shape index (κ1) is 29.3. The number of nitrogens with zero attached hydrogens (tertiary/aromatic N) is 2. The summed E-state index contributed by atoms with van der Waals surface area (Å²) >= 11 is 0. The third kappa shape index (κ3) is 6.16. The highest BCUT2D eigenvalue weighted by molar-refractivity contribution is 7.89. The molecule has 0 spiro atoms. The quantitative estimate of drug-likeness (QED) is 0.297. The summed E-state index contributed by atoms with van der Waals surface area (Å²) in [4.78, 5) is 8.07. The van der Waals surface area contributed by atoms with Crippen LogP contribution in [0.15, 0.2) is 0 Å². The Bertz CT molecular complexity index is 957. The summed E-state index contributed by atoms with van der Waals surface area (Å²) in [5.41, 5.74) is 0.220. The Morgan fingerprint density at radius 2 is 0.935 bits per heavy atom. The molecule has 0 radical (unpaired) electrons. The molecule has 0 bridgehead atoms. The second-order valence-corrected chi connectivity index (χ2v) is 8.63. The van der Waals surface area contributed by atoms with E-state index in [1.807, 2.05) is 0 Å². The van der Waals surface area contributed by atoms with E-state index in [-0.39, 0.29) is 81.3 Å². The van der Waals surface area contributed by atoms with Gasteiger partial charge in [-0.25, -0.2) is 8.42 Å². The molecule has 0 unspecified atom stereocenters. The second-order valence-electron chi connectivity index (χ2n) is 6.56. The molecule has 0 aliphatic carbocycles. The molecule has 0 saturated heterocycles. The Hall–Kier alpha value is -1.73. The lowest BCUT2D eigenvalue weighted by Crippen LogP contribution is -2.16. The first-order valence-corrected chi connectivity index (χ1v) is 10.5. The number of hydrogen-bond donors (Lipinski definition) is 6. The highest BCUT2D eigenvalue weighted by Crippen LogP contribution is 2.30. The zero-order valence-electron chi connectivity index (χ0n) is 16.9. The summed E-state index contributed by atoms with van der Waals surface area (Å²) in [6.07, 6.45) is 0. The summed E-state index contributed by atoms with van der Waals surface area (Å²) in [6.45, 7) is 0.405. The molecule has 2 aromatic rings. The van der Waals surface area contributed by atoms with Gasteiger partial charge in [0.05, 0.1) is 60.7 Å². The zero-order chi connectivity index (χ0) is 21.9. The Balaban J connectivity index is 0.00000450. The lowest BCUT2D eigenvalue weighted by molar-refractivity contribution is 0.253. The van der Waals surface area contributed by atoms with Gasteiger partial charge >= 0.3 is 0 Å². The van der Waals surface area contributed by atoms with Gasteiger partial charge in [-0.2, -0.15) is 0 Å². The van der Waals surface area contributed by atoms with E-state index >= 15 is 0 Å². The molecule has 176 valence electrons. The van der Waals surface area contributed by atoms with Crippen molar-refractivity contribution in [2.75, 3.05) is 0 Å². The maximum atomic E-state index is 12.8. The molecule has 2 heterocycles. The summed E-state index contributed by atoms with van der Waals surface area (Å²) in [7, 11) is -3.94. The molecule has 13 heteroatoms. The summed E-state index contributed by atoms with van der Waals surface area (Å²) < 4.78 is 25.6. The number of sulfone groups is 1. The van der Waals surface area contributed by atoms with E-state index in [2.05, 4.69) is 9.97 Å². The minimum atomic E-state index is -3.94. The first-order valence-electron chi connectivity index (χ1n) is 8.64. The van der Waals surface area contributed by atoms with E-state index in [4.69, 9.17) is 0 Å². The number of aromatic hydroxyl groups is 2. The van der Waals surface area contributed by atoms with E-state index in [0.717, 1.165) is 0 Å². The number of pyridine rings is 2. The number of aromatic nitrogens is 2. The predicted molar refractivity (Wildman–Crippen MR) is 116 cm³/mol. The third-order valence-corrected chi connectivity index (χ3v) is 6.06. The van der Waals surface area contributed by atoms with Crippen LogP contribution in [-0.2, 0) is 47.8 Å². The molecule has 0 atom stereocenters. The Morgan fingerprint density at radius 3 is 1.19 bits per heavy atom. The molecule has 6 N–H and O–H groups in total. The fourth-order valence-corrected chi connectivity index (χ4v) is 4.55. The summed E-state index contributed by atoms with van der Waals surface area (Å²) in [6, 6.07) is 0. The van der Waals surface area contributed by atoms with E-state index in [1.165, 1.54) is 13.8 Å². The molecule has 10 nitrogen and oxygen atoms in total. The minimum absolute atomic E-state index is 0. The molecule has 0 aliphatic rings. The van der Waals surface area contributed by atoms with Crippen LogP contribution in [0.3, 0.4) is 0 Å². The van der Waals surface area contributed by atoms with Crippen molar-refractivity contribution in [2.45, 2.75) is 51.8 Å². The summed E-state index contributed by atoms with van der Waals surface area (Å²) in [5.74, 6) is -1.86. The van der Waals surface area contributed by atoms with Crippen LogP contribution in [0.2, 0.25) is 0 Å². The van der Waals surface area contributed by atoms with Crippen molar-refractivity contribution < 1.29 is 39.1 Å². The fraction of sp³-hybridized carbons (Fsp3) is 0.444. The van der Waals surface area contributed by atoms with Gasteiger partial charge in [-0.1, -0.05) is 0 Å². The molecule has 0 saturated carbocycles. The molecule has 31 heavy (non-hydrogen) atoms. The summed E-state index contributed by atoms with van der Waals surface area (Å²) in [5, 5.41) is 58.1. The van der Waals surface area contributed by atoms with Gasteiger partial charge in [0, 0.05) is 22.3 Å². The number of aliphatic hydroxyl groups is 4. The van der Waals surface area contributed by atoms with E-state index in [1.54, 1.807) is 0 Å². The van der Waals surface area contributed by atoms with Crippen molar-refractivity contribution >= 4 is 34.7 Å². The van der Waals surface area contributed by atoms with Gasteiger partial charge in [0.2, 0.25) is 0 Å². The highest BCUT2D eigenvalue weighted by atomic mass is 35.5. The maximum Gasteiger partial charge on any atom is 0.161 e. The van der Waals surface area contributed by atoms with Crippen molar-refractivity contribution in [3.8, 4) is 11.5 Å². The average Bonchev–Trinajstić information content (AvgIpc) is 2.66. The Morgan fingerprint density at radius 1 is 0.645 bits per heavy atom. The monoisotopic (exact) mass is 500 g/mol. The number of aryl methyl sites for hydroxylation is 2. The van der Waals surface area contributed by atoms with Gasteiger partial charge in [-0.3, -0.25) is 9.97 Å². The van der Waals surface area contributed by atoms with Gasteiger partial charge in [0.15, 0.2) is 9.84 Å². The zero-order valence-corrected chi connectivity index (χ0v) is 19.3. The van der Waals surface area contributed by atoms with Crippen LogP contribution >= 0.6 is 24.8 Å². The number of hydrogen-bond acceptors (Lipinski definition) is 10. The van der Waals surface area contributed by atoms with Crippen LogP contribution in [0.1, 0.15) is 45.0 Å². The second kappa shape index (κ2) is 11.8. The molecule has 2 aromatic heterocycles. The van der Waals surface area contributed by atoms with Crippen molar-refractivity contribution in [2.24, 2.45) is 0 Å². The lowest BCUT2D eigenvalue weighted by Gasteiger charge is -2.17. The standard InChI is InChI=1S/C18H24N2O8S.2ClH/c1-9-17(25)13(5-23)11(3-21)15(19-9)7-29(27,28)8-16-12(4-22)14(6-24)18(26)10(2)20-16;;/h21-26H,3-8H2,1-2H3;2*1H. The SMILES string of the molecule is Cc1nc(CS(=O)(=O)Cc2nc(C)c(O)c(CO)c2CO)c(CO)c(CO)c1O.Cl.Cl. The number of halogens is 2. The Kier molecular flexibility index (Phi) is 11.1. The smallest absolute Gasteiger partial charge is 0.161 e. The average molecular weight is 501 g/mol. The van der Waals surface area contributed by atoms with Crippen LogP contribution < -0.4 is 0 Å². The van der Waals surface area contributed by atoms with Crippen molar-refractivity contribution in [1.29, 1.82) is 0 Å². The molecular formula is C18H26Cl2N2O8S. The molecule has 0 amide bonds. The van der Waals surface area contributed by atoms with Crippen LogP contribution in [0.5, 0.6) is 11.5 Å². The first-order chi connectivity index (χ1) is 13.6. The van der Waals surface area contributed by atoms with Crippen molar-refractivity contribution in [1.82, 2.24) is 9.97 Å². The van der Waals surface area contributed by atoms with Gasteiger partial charge in [0.25, 0.3) is 0 Å². The van der Waals surface area contributed by atoms with Gasteiger partial charge in [-0.05, 0) is 13.8 Å².